The van der Waals surface area contributed by atoms with Gasteiger partial charge in [-0.1, -0.05) is 13.8 Å². The van der Waals surface area contributed by atoms with Gasteiger partial charge in [-0.2, -0.15) is 31.0 Å². The van der Waals surface area contributed by atoms with E-state index in [4.69, 9.17) is 4.74 Å². The van der Waals surface area contributed by atoms with Crippen molar-refractivity contribution in [1.29, 1.82) is 0 Å². The normalized spacial score (nSPS) is 23.3. The summed E-state index contributed by atoms with van der Waals surface area (Å²) >= 11 is 0. The third-order valence-electron chi connectivity index (χ3n) is 9.26. The van der Waals surface area contributed by atoms with Crippen LogP contribution in [0, 0.1) is 5.92 Å². The third kappa shape index (κ3) is 8.39. The first-order valence-electron chi connectivity index (χ1n) is 16.0. The fraction of sp³-hybridized carbons (Fsp3) is 0.581. The molecule has 0 spiro atoms. The molecule has 5 rings (SSSR count). The molecule has 2 aliphatic rings. The maximum absolute atomic E-state index is 13.8. The van der Waals surface area contributed by atoms with Gasteiger partial charge >= 0.3 is 24.4 Å². The molecule has 1 aliphatic carbocycles. The second kappa shape index (κ2) is 14.5. The highest BCUT2D eigenvalue weighted by atomic mass is 19.4. The minimum absolute atomic E-state index is 0.0590. The van der Waals surface area contributed by atoms with Gasteiger partial charge in [-0.25, -0.2) is 14.8 Å². The summed E-state index contributed by atoms with van der Waals surface area (Å²) in [5.74, 6) is -1.29. The SMILES string of the molecule is CC[C@@H]1CC(N(Cc2cc(C(F)(F)F)cc(C(F)(F)F)c2)c2ncc(-n3cnnn3)cn2)C[C@H](CC)N1C(=O)OC1CCC(C(=O)O)CC1. The number of carboxylic acid groups (broad SMARTS) is 1. The van der Waals surface area contributed by atoms with Crippen LogP contribution in [0.15, 0.2) is 36.9 Å². The molecule has 2 aromatic heterocycles. The lowest BCUT2D eigenvalue weighted by molar-refractivity contribution is -0.144. The Labute approximate surface area is 277 Å². The lowest BCUT2D eigenvalue weighted by Crippen LogP contribution is -2.57. The lowest BCUT2D eigenvalue weighted by Gasteiger charge is -2.47. The molecular weight excluding hydrogens is 662 g/mol. The van der Waals surface area contributed by atoms with Crippen LogP contribution in [0.2, 0.25) is 0 Å². The van der Waals surface area contributed by atoms with Crippen LogP contribution in [-0.2, 0) is 28.4 Å². The molecule has 12 nitrogen and oxygen atoms in total. The monoisotopic (exact) mass is 698 g/mol. The van der Waals surface area contributed by atoms with Crippen molar-refractivity contribution in [1.82, 2.24) is 35.1 Å². The number of aromatic nitrogens is 6. The summed E-state index contributed by atoms with van der Waals surface area (Å²) in [7, 11) is 0. The lowest BCUT2D eigenvalue weighted by atomic mass is 9.87. The van der Waals surface area contributed by atoms with Crippen molar-refractivity contribution in [3.05, 3.63) is 53.6 Å². The number of carbonyl (C=O) groups is 2. The summed E-state index contributed by atoms with van der Waals surface area (Å²) in [6.45, 7) is 3.37. The van der Waals surface area contributed by atoms with Crippen molar-refractivity contribution in [3.63, 3.8) is 0 Å². The van der Waals surface area contributed by atoms with Crippen LogP contribution in [-0.4, -0.2) is 76.5 Å². The zero-order chi connectivity index (χ0) is 35.5. The molecule has 2 fully saturated rings. The second-order valence-electron chi connectivity index (χ2n) is 12.4. The predicted octanol–water partition coefficient (Wildman–Crippen LogP) is 6.30. The molecule has 1 saturated carbocycles. The molecule has 1 saturated heterocycles. The number of aliphatic carboxylic acids is 1. The van der Waals surface area contributed by atoms with Crippen molar-refractivity contribution < 1.29 is 45.8 Å². The van der Waals surface area contributed by atoms with Crippen LogP contribution < -0.4 is 4.90 Å². The molecular formula is C31H36F6N8O4. The molecule has 3 aromatic rings. The first-order valence-corrected chi connectivity index (χ1v) is 16.0. The summed E-state index contributed by atoms with van der Waals surface area (Å²) in [6, 6.07) is 0.204. The van der Waals surface area contributed by atoms with Gasteiger partial charge in [0.25, 0.3) is 0 Å². The number of hydrogen-bond donors (Lipinski definition) is 1. The van der Waals surface area contributed by atoms with Gasteiger partial charge in [-0.05, 0) is 85.6 Å². The summed E-state index contributed by atoms with van der Waals surface area (Å²) in [5, 5.41) is 20.2. The van der Waals surface area contributed by atoms with Crippen LogP contribution >= 0.6 is 0 Å². The van der Waals surface area contributed by atoms with E-state index in [2.05, 4.69) is 25.5 Å². The van der Waals surface area contributed by atoms with Gasteiger partial charge in [0.1, 0.15) is 18.1 Å². The van der Waals surface area contributed by atoms with Gasteiger partial charge in [-0.3, -0.25) is 4.79 Å². The minimum atomic E-state index is -5.02. The molecule has 49 heavy (non-hydrogen) atoms. The number of anilines is 1. The Kier molecular flexibility index (Phi) is 10.6. The van der Waals surface area contributed by atoms with E-state index in [1.54, 1.807) is 9.80 Å². The van der Waals surface area contributed by atoms with Crippen LogP contribution in [0.4, 0.5) is 37.1 Å². The van der Waals surface area contributed by atoms with Crippen LogP contribution in [0.3, 0.4) is 0 Å². The molecule has 1 aliphatic heterocycles. The first-order chi connectivity index (χ1) is 23.2. The van der Waals surface area contributed by atoms with Gasteiger partial charge in [0.2, 0.25) is 5.95 Å². The number of carboxylic acids is 1. The van der Waals surface area contributed by atoms with E-state index >= 15 is 0 Å². The van der Waals surface area contributed by atoms with Crippen LogP contribution in [0.5, 0.6) is 0 Å². The number of benzene rings is 1. The standard InChI is InChI=1S/C31H36F6N8O4/c1-3-22-12-24(13-23(4-2)45(22)29(48)49-26-7-5-19(6-8-26)27(46)47)43(28-38-14-25(15-39-28)44-17-40-41-42-44)16-18-9-20(30(32,33)34)11-21(10-18)31(35,36)37/h9-11,14-15,17,19,22-24,26H,3-8,12-13,16H2,1-2H3,(H,46,47)/t19?,22-,23+,24?,26?. The Morgan fingerprint density at radius 2 is 1.49 bits per heavy atom. The molecule has 266 valence electrons. The smallest absolute Gasteiger partial charge is 0.416 e. The van der Waals surface area contributed by atoms with E-state index in [-0.39, 0.29) is 36.2 Å². The number of ether oxygens (including phenoxy) is 1. The number of piperidine rings is 1. The van der Waals surface area contributed by atoms with Gasteiger partial charge in [0.05, 0.1) is 29.4 Å². The maximum Gasteiger partial charge on any atom is 0.416 e. The highest BCUT2D eigenvalue weighted by Gasteiger charge is 2.42. The quantitative estimate of drug-likeness (QED) is 0.254. The number of amides is 1. The van der Waals surface area contributed by atoms with Crippen molar-refractivity contribution >= 4 is 18.0 Å². The number of alkyl halides is 6. The number of tetrazole rings is 1. The number of halogens is 6. The fourth-order valence-electron chi connectivity index (χ4n) is 6.69. The Bertz CT molecular complexity index is 1530. The van der Waals surface area contributed by atoms with Gasteiger partial charge < -0.3 is 19.6 Å². The van der Waals surface area contributed by atoms with E-state index < -0.39 is 53.6 Å². The highest BCUT2D eigenvalue weighted by molar-refractivity contribution is 5.70. The van der Waals surface area contributed by atoms with Gasteiger partial charge in [0.15, 0.2) is 0 Å². The summed E-state index contributed by atoms with van der Waals surface area (Å²) in [6.07, 6.45) is -3.69. The van der Waals surface area contributed by atoms with Crippen molar-refractivity contribution in [2.75, 3.05) is 4.90 Å². The fourth-order valence-corrected chi connectivity index (χ4v) is 6.69. The topological polar surface area (TPSA) is 139 Å². The van der Waals surface area contributed by atoms with Crippen molar-refractivity contribution in [3.8, 4) is 5.69 Å². The van der Waals surface area contributed by atoms with Crippen molar-refractivity contribution in [2.45, 2.75) is 108 Å². The Balaban J connectivity index is 1.45. The first kappa shape index (κ1) is 35.8. The summed E-state index contributed by atoms with van der Waals surface area (Å²) in [4.78, 5) is 37.0. The third-order valence-corrected chi connectivity index (χ3v) is 9.26. The Morgan fingerprint density at radius 1 is 0.918 bits per heavy atom. The van der Waals surface area contributed by atoms with E-state index in [1.807, 2.05) is 13.8 Å². The number of likely N-dealkylation sites (tertiary alicyclic amines) is 1. The number of carbonyl (C=O) groups excluding carboxylic acids is 1. The molecule has 0 bridgehead atoms. The summed E-state index contributed by atoms with van der Waals surface area (Å²) in [5.41, 5.74) is -2.73. The highest BCUT2D eigenvalue weighted by Crippen LogP contribution is 2.38. The van der Waals surface area contributed by atoms with E-state index in [9.17, 15) is 41.0 Å². The number of nitrogens with zero attached hydrogens (tertiary/aromatic N) is 8. The molecule has 1 N–H and O–H groups in total. The average molecular weight is 699 g/mol. The summed E-state index contributed by atoms with van der Waals surface area (Å²) < 4.78 is 89.7. The Morgan fingerprint density at radius 3 is 1.96 bits per heavy atom. The largest absolute Gasteiger partial charge is 0.481 e. The number of hydrogen-bond acceptors (Lipinski definition) is 9. The zero-order valence-corrected chi connectivity index (χ0v) is 26.7. The molecule has 1 aromatic carbocycles. The molecule has 3 atom stereocenters. The van der Waals surface area contributed by atoms with E-state index in [0.29, 0.717) is 69.2 Å². The van der Waals surface area contributed by atoms with Crippen LogP contribution in [0.1, 0.15) is 81.9 Å². The molecule has 18 heteroatoms. The van der Waals surface area contributed by atoms with E-state index in [0.717, 1.165) is 0 Å². The van der Waals surface area contributed by atoms with Gasteiger partial charge in [-0.15, -0.1) is 5.10 Å². The number of rotatable bonds is 9. The Hall–Kier alpha value is -4.51. The van der Waals surface area contributed by atoms with Crippen molar-refractivity contribution in [2.24, 2.45) is 5.92 Å². The zero-order valence-electron chi connectivity index (χ0n) is 26.7. The molecule has 1 amide bonds. The minimum Gasteiger partial charge on any atom is -0.481 e. The predicted molar refractivity (Wildman–Crippen MR) is 160 cm³/mol. The van der Waals surface area contributed by atoms with E-state index in [1.165, 1.54) is 23.4 Å². The maximum atomic E-state index is 13.8. The average Bonchev–Trinajstić information content (AvgIpc) is 3.61. The van der Waals surface area contributed by atoms with Gasteiger partial charge in [0, 0.05) is 24.7 Å². The molecule has 1 unspecified atom stereocenters. The second-order valence-corrected chi connectivity index (χ2v) is 12.4. The molecule has 3 heterocycles. The van der Waals surface area contributed by atoms with Crippen LogP contribution in [0.25, 0.3) is 5.69 Å². The molecule has 0 radical (unpaired) electrons.